The van der Waals surface area contributed by atoms with Gasteiger partial charge in [0, 0.05) is 36.6 Å². The number of ether oxygens (including phenoxy) is 1. The number of anilines is 2. The van der Waals surface area contributed by atoms with E-state index >= 15 is 0 Å². The van der Waals surface area contributed by atoms with Crippen LogP contribution in [0.25, 0.3) is 10.8 Å². The first-order valence-electron chi connectivity index (χ1n) is 11.0. The van der Waals surface area contributed by atoms with E-state index in [1.54, 1.807) is 12.4 Å². The highest BCUT2D eigenvalue weighted by Crippen LogP contribution is 2.25. The average molecular weight is 452 g/mol. The molecule has 0 atom stereocenters. The number of hydrogen-bond acceptors (Lipinski definition) is 7. The second-order valence-electron chi connectivity index (χ2n) is 8.04. The third-order valence-electron chi connectivity index (χ3n) is 5.77. The van der Waals surface area contributed by atoms with E-state index in [0.29, 0.717) is 30.7 Å². The fourth-order valence-corrected chi connectivity index (χ4v) is 3.85. The number of aryl methyl sites for hydroxylation is 1. The predicted octanol–water partition coefficient (Wildman–Crippen LogP) is 4.35. The van der Waals surface area contributed by atoms with Gasteiger partial charge in [-0.1, -0.05) is 36.4 Å². The topological polar surface area (TPSA) is 104 Å². The summed E-state index contributed by atoms with van der Waals surface area (Å²) in [7, 11) is 0. The van der Waals surface area contributed by atoms with Crippen molar-refractivity contribution in [3.63, 3.8) is 0 Å². The minimum atomic E-state index is 0.428. The summed E-state index contributed by atoms with van der Waals surface area (Å²) in [6.45, 7) is 3.89. The lowest BCUT2D eigenvalue weighted by Crippen LogP contribution is -2.05. The summed E-state index contributed by atoms with van der Waals surface area (Å²) < 4.78 is 7.79. The molecule has 0 bridgehead atoms. The van der Waals surface area contributed by atoms with Crippen molar-refractivity contribution in [2.75, 3.05) is 11.1 Å². The first kappa shape index (κ1) is 21.4. The Labute approximate surface area is 197 Å². The Balaban J connectivity index is 1.20. The van der Waals surface area contributed by atoms with Gasteiger partial charge in [-0.05, 0) is 46.7 Å². The summed E-state index contributed by atoms with van der Waals surface area (Å²) >= 11 is 0. The highest BCUT2D eigenvalue weighted by Gasteiger charge is 2.07. The van der Waals surface area contributed by atoms with Gasteiger partial charge < -0.3 is 15.8 Å². The van der Waals surface area contributed by atoms with Gasteiger partial charge in [-0.2, -0.15) is 5.10 Å². The molecule has 8 nitrogen and oxygen atoms in total. The molecule has 0 aliphatic heterocycles. The molecule has 170 valence electrons. The van der Waals surface area contributed by atoms with Gasteiger partial charge in [-0.25, -0.2) is 15.0 Å². The molecule has 0 spiro atoms. The number of aromatic nitrogens is 5. The third kappa shape index (κ3) is 4.80. The number of pyridine rings is 1. The third-order valence-corrected chi connectivity index (χ3v) is 5.77. The van der Waals surface area contributed by atoms with Crippen molar-refractivity contribution in [2.24, 2.45) is 0 Å². The molecule has 0 radical (unpaired) electrons. The van der Waals surface area contributed by atoms with Crippen molar-refractivity contribution in [1.29, 1.82) is 0 Å². The number of hydrogen-bond donors (Lipinski definition) is 2. The molecule has 3 aromatic heterocycles. The van der Waals surface area contributed by atoms with Crippen LogP contribution < -0.4 is 15.8 Å². The molecule has 0 amide bonds. The molecule has 3 heterocycles. The number of nitrogens with one attached hydrogen (secondary N) is 1. The van der Waals surface area contributed by atoms with Crippen LogP contribution in [-0.2, 0) is 19.7 Å². The van der Waals surface area contributed by atoms with Crippen LogP contribution in [0.3, 0.4) is 0 Å². The fourth-order valence-electron chi connectivity index (χ4n) is 3.85. The zero-order valence-corrected chi connectivity index (χ0v) is 18.8. The highest BCUT2D eigenvalue weighted by molar-refractivity contribution is 5.93. The lowest BCUT2D eigenvalue weighted by Gasteiger charge is -2.12. The van der Waals surface area contributed by atoms with Crippen molar-refractivity contribution in [2.45, 2.75) is 26.6 Å². The Morgan fingerprint density at radius 2 is 1.79 bits per heavy atom. The highest BCUT2D eigenvalue weighted by atomic mass is 16.5. The fraction of sp³-hybridized carbons (Fsp3) is 0.154. The molecule has 5 aromatic rings. The van der Waals surface area contributed by atoms with E-state index in [9.17, 15) is 0 Å². The molecule has 0 unspecified atom stereocenters. The van der Waals surface area contributed by atoms with Gasteiger partial charge >= 0.3 is 0 Å². The normalized spacial score (nSPS) is 11.0. The molecule has 34 heavy (non-hydrogen) atoms. The summed E-state index contributed by atoms with van der Waals surface area (Å²) in [5.41, 5.74) is 10.6. The first-order chi connectivity index (χ1) is 16.7. The lowest BCUT2D eigenvalue weighted by atomic mass is 10.0. The number of nitrogen functional groups attached to an aromatic ring is 1. The van der Waals surface area contributed by atoms with E-state index < -0.39 is 0 Å². The van der Waals surface area contributed by atoms with Crippen LogP contribution in [0, 0.1) is 6.92 Å². The number of fused-ring (bicyclic) bond motifs is 1. The van der Waals surface area contributed by atoms with Crippen molar-refractivity contribution < 1.29 is 4.74 Å². The smallest absolute Gasteiger partial charge is 0.218 e. The second-order valence-corrected chi connectivity index (χ2v) is 8.04. The number of benzene rings is 2. The second kappa shape index (κ2) is 9.58. The summed E-state index contributed by atoms with van der Waals surface area (Å²) in [6, 6.07) is 18.1. The molecule has 0 fully saturated rings. The molecule has 0 aliphatic rings. The molecular weight excluding hydrogens is 426 g/mol. The van der Waals surface area contributed by atoms with E-state index in [1.165, 1.54) is 17.5 Å². The summed E-state index contributed by atoms with van der Waals surface area (Å²) in [4.78, 5) is 12.7. The zero-order valence-electron chi connectivity index (χ0n) is 18.8. The minimum Gasteiger partial charge on any atom is -0.473 e. The number of rotatable bonds is 8. The summed E-state index contributed by atoms with van der Waals surface area (Å²) in [5, 5.41) is 9.67. The quantitative estimate of drug-likeness (QED) is 0.361. The van der Waals surface area contributed by atoms with Gasteiger partial charge in [-0.15, -0.1) is 0 Å². The van der Waals surface area contributed by atoms with Gasteiger partial charge in [0.25, 0.3) is 0 Å². The number of nitrogens with zero attached hydrogens (tertiary/aromatic N) is 5. The van der Waals surface area contributed by atoms with E-state index in [4.69, 9.17) is 10.5 Å². The van der Waals surface area contributed by atoms with E-state index in [-0.39, 0.29) is 0 Å². The largest absolute Gasteiger partial charge is 0.473 e. The van der Waals surface area contributed by atoms with Crippen LogP contribution in [0.2, 0.25) is 0 Å². The first-order valence-corrected chi connectivity index (χ1v) is 11.0. The molecule has 8 heteroatoms. The monoisotopic (exact) mass is 451 g/mol. The maximum Gasteiger partial charge on any atom is 0.218 e. The van der Waals surface area contributed by atoms with Crippen molar-refractivity contribution >= 4 is 22.4 Å². The minimum absolute atomic E-state index is 0.428. The number of nitrogens with two attached hydrogens (primary N) is 1. The molecule has 0 aliphatic carbocycles. The SMILES string of the molecule is Cc1c(CNc2cc(OCc3ccc(Cn4cccn4)cc3)ncn2)ccc2c(N)nccc12. The standard InChI is InChI=1S/C26H25N7O/c1-18-21(7-8-23-22(18)9-11-28-26(23)27)14-29-24-13-25(31-17-30-24)34-16-20-5-3-19(4-6-20)15-33-12-2-10-32-33/h2-13,17H,14-16H2,1H3,(H2,27,28)(H,29,30,31). The van der Waals surface area contributed by atoms with Crippen LogP contribution in [-0.4, -0.2) is 24.7 Å². The maximum absolute atomic E-state index is 6.00. The van der Waals surface area contributed by atoms with E-state index in [0.717, 1.165) is 28.4 Å². The Morgan fingerprint density at radius 1 is 0.941 bits per heavy atom. The zero-order chi connectivity index (χ0) is 23.3. The van der Waals surface area contributed by atoms with Crippen molar-refractivity contribution in [3.8, 4) is 5.88 Å². The summed E-state index contributed by atoms with van der Waals surface area (Å²) in [5.74, 6) is 1.77. The van der Waals surface area contributed by atoms with Gasteiger partial charge in [0.15, 0.2) is 0 Å². The van der Waals surface area contributed by atoms with Gasteiger partial charge in [0.2, 0.25) is 5.88 Å². The van der Waals surface area contributed by atoms with Gasteiger partial charge in [-0.3, -0.25) is 4.68 Å². The van der Waals surface area contributed by atoms with Gasteiger partial charge in [0.05, 0.1) is 6.54 Å². The molecule has 0 saturated carbocycles. The van der Waals surface area contributed by atoms with Gasteiger partial charge in [0.1, 0.15) is 24.6 Å². The molecule has 0 saturated heterocycles. The van der Waals surface area contributed by atoms with Crippen LogP contribution in [0.4, 0.5) is 11.6 Å². The Kier molecular flexibility index (Phi) is 6.03. The Hall–Kier alpha value is -4.46. The van der Waals surface area contributed by atoms with E-state index in [1.807, 2.05) is 35.1 Å². The Bertz CT molecular complexity index is 1400. The molecule has 5 rings (SSSR count). The van der Waals surface area contributed by atoms with E-state index in [2.05, 4.69) is 62.6 Å². The molecule has 3 N–H and O–H groups in total. The van der Waals surface area contributed by atoms with Crippen molar-refractivity contribution in [1.82, 2.24) is 24.7 Å². The maximum atomic E-state index is 6.00. The van der Waals surface area contributed by atoms with Crippen LogP contribution in [0.5, 0.6) is 5.88 Å². The molecular formula is C26H25N7O. The van der Waals surface area contributed by atoms with Crippen LogP contribution in [0.15, 0.2) is 79.5 Å². The van der Waals surface area contributed by atoms with Crippen LogP contribution >= 0.6 is 0 Å². The Morgan fingerprint density at radius 3 is 2.62 bits per heavy atom. The molecule has 2 aromatic carbocycles. The van der Waals surface area contributed by atoms with Crippen LogP contribution in [0.1, 0.15) is 22.3 Å². The average Bonchev–Trinajstić information content (AvgIpc) is 3.37. The lowest BCUT2D eigenvalue weighted by molar-refractivity contribution is 0.293. The van der Waals surface area contributed by atoms with Crippen molar-refractivity contribution in [3.05, 3.63) is 102 Å². The summed E-state index contributed by atoms with van der Waals surface area (Å²) in [6.07, 6.45) is 6.98. The predicted molar refractivity (Wildman–Crippen MR) is 132 cm³/mol.